The van der Waals surface area contributed by atoms with Crippen LogP contribution >= 0.6 is 0 Å². The predicted molar refractivity (Wildman–Crippen MR) is 283 cm³/mol. The molecule has 10 aromatic carbocycles. The lowest BCUT2D eigenvalue weighted by Crippen LogP contribution is -2.06. The first kappa shape index (κ1) is 38.8. The lowest BCUT2D eigenvalue weighted by atomic mass is 9.96. The fourth-order valence-corrected chi connectivity index (χ4v) is 10.4. The molecule has 0 saturated carbocycles. The van der Waals surface area contributed by atoms with E-state index in [1.807, 2.05) is 30.3 Å². The maximum atomic E-state index is 6.41. The number of fused-ring (bicyclic) bond motifs is 9. The van der Waals surface area contributed by atoms with E-state index in [9.17, 15) is 0 Å². The van der Waals surface area contributed by atoms with Crippen molar-refractivity contribution in [2.24, 2.45) is 0 Å². The zero-order valence-corrected chi connectivity index (χ0v) is 37.2. The smallest absolute Gasteiger partial charge is 0.238 e. The Bertz CT molecular complexity index is 4240. The standard InChI is InChI=1S/C63H39N5O/c1-4-17-40(18-5-1)44-35-45(41-19-6-2-7-20-41)37-46(36-44)61-64-62(51-26-16-30-59-60(51)50-25-12-15-29-58(50)69-59)66-63(65-61)68-55-28-14-11-24-49(55)53-39-43(32-34-57(53)68)42-31-33-56-52(38-42)48-23-10-13-27-54(48)67(56)47-21-8-3-9-22-47/h1-39H. The van der Waals surface area contributed by atoms with E-state index in [0.717, 1.165) is 93.9 Å². The van der Waals surface area contributed by atoms with Gasteiger partial charge in [0.2, 0.25) is 5.95 Å². The minimum Gasteiger partial charge on any atom is -0.456 e. The summed E-state index contributed by atoms with van der Waals surface area (Å²) in [5.41, 5.74) is 15.5. The van der Waals surface area contributed by atoms with Crippen molar-refractivity contribution in [1.82, 2.24) is 24.1 Å². The first-order valence-corrected chi connectivity index (χ1v) is 23.3. The quantitative estimate of drug-likeness (QED) is 0.160. The van der Waals surface area contributed by atoms with Crippen molar-refractivity contribution >= 4 is 65.6 Å². The van der Waals surface area contributed by atoms with Crippen LogP contribution in [0.15, 0.2) is 241 Å². The number of rotatable bonds is 7. The van der Waals surface area contributed by atoms with Gasteiger partial charge >= 0.3 is 0 Å². The topological polar surface area (TPSA) is 61.7 Å². The molecule has 0 saturated heterocycles. The van der Waals surface area contributed by atoms with Crippen molar-refractivity contribution in [2.45, 2.75) is 0 Å². The molecule has 0 radical (unpaired) electrons. The molecule has 6 heteroatoms. The Kier molecular flexibility index (Phi) is 8.79. The van der Waals surface area contributed by atoms with Gasteiger partial charge in [-0.1, -0.05) is 158 Å². The van der Waals surface area contributed by atoms with E-state index in [0.29, 0.717) is 17.6 Å². The van der Waals surface area contributed by atoms with E-state index in [-0.39, 0.29) is 0 Å². The third-order valence-corrected chi connectivity index (χ3v) is 13.6. The number of benzene rings is 10. The lowest BCUT2D eigenvalue weighted by molar-refractivity contribution is 0.669. The summed E-state index contributed by atoms with van der Waals surface area (Å²) in [6.07, 6.45) is 0. The van der Waals surface area contributed by atoms with E-state index >= 15 is 0 Å². The number of hydrogen-bond acceptors (Lipinski definition) is 4. The number of aromatic nitrogens is 5. The molecule has 0 fully saturated rings. The van der Waals surface area contributed by atoms with E-state index in [4.69, 9.17) is 19.4 Å². The van der Waals surface area contributed by atoms with Crippen LogP contribution in [0.4, 0.5) is 0 Å². The fraction of sp³-hybridized carbons (Fsp3) is 0. The lowest BCUT2D eigenvalue weighted by Gasteiger charge is -2.14. The van der Waals surface area contributed by atoms with Gasteiger partial charge in [-0.2, -0.15) is 9.97 Å². The third kappa shape index (κ3) is 6.38. The molecule has 69 heavy (non-hydrogen) atoms. The summed E-state index contributed by atoms with van der Waals surface area (Å²) in [6.45, 7) is 0. The normalized spacial score (nSPS) is 11.8. The first-order valence-electron chi connectivity index (χ1n) is 23.3. The highest BCUT2D eigenvalue weighted by Gasteiger charge is 2.22. The molecule has 322 valence electrons. The van der Waals surface area contributed by atoms with E-state index in [1.165, 1.54) is 21.8 Å². The van der Waals surface area contributed by atoms with E-state index < -0.39 is 0 Å². The second-order valence-corrected chi connectivity index (χ2v) is 17.6. The monoisotopic (exact) mass is 881 g/mol. The third-order valence-electron chi connectivity index (χ3n) is 13.6. The molecule has 0 spiro atoms. The largest absolute Gasteiger partial charge is 0.456 e. The summed E-state index contributed by atoms with van der Waals surface area (Å²) in [5, 5.41) is 6.64. The zero-order valence-electron chi connectivity index (χ0n) is 37.2. The maximum Gasteiger partial charge on any atom is 0.238 e. The molecule has 4 heterocycles. The summed E-state index contributed by atoms with van der Waals surface area (Å²) < 4.78 is 11.0. The van der Waals surface area contributed by atoms with Crippen molar-refractivity contribution in [1.29, 1.82) is 0 Å². The van der Waals surface area contributed by atoms with Crippen LogP contribution in [-0.4, -0.2) is 24.1 Å². The van der Waals surface area contributed by atoms with Gasteiger partial charge in [0.15, 0.2) is 11.6 Å². The highest BCUT2D eigenvalue weighted by atomic mass is 16.3. The fourth-order valence-electron chi connectivity index (χ4n) is 10.4. The van der Waals surface area contributed by atoms with Gasteiger partial charge < -0.3 is 8.98 Å². The van der Waals surface area contributed by atoms with Crippen LogP contribution in [0.5, 0.6) is 0 Å². The molecule has 6 nitrogen and oxygen atoms in total. The molecule has 0 bridgehead atoms. The molecule has 0 aliphatic carbocycles. The Morgan fingerprint density at radius 2 is 0.783 bits per heavy atom. The molecular formula is C63H39N5O. The van der Waals surface area contributed by atoms with Gasteiger partial charge in [-0.15, -0.1) is 0 Å². The summed E-state index contributed by atoms with van der Waals surface area (Å²) in [4.78, 5) is 16.3. The number of furan rings is 1. The van der Waals surface area contributed by atoms with Crippen LogP contribution in [0.3, 0.4) is 0 Å². The van der Waals surface area contributed by atoms with Gasteiger partial charge in [0.05, 0.1) is 22.1 Å². The van der Waals surface area contributed by atoms with Gasteiger partial charge in [0.1, 0.15) is 11.2 Å². The average molecular weight is 882 g/mol. The van der Waals surface area contributed by atoms with Crippen molar-refractivity contribution in [2.75, 3.05) is 0 Å². The van der Waals surface area contributed by atoms with Crippen LogP contribution in [-0.2, 0) is 0 Å². The minimum atomic E-state index is 0.528. The first-order chi connectivity index (χ1) is 34.2. The van der Waals surface area contributed by atoms with Gasteiger partial charge in [0, 0.05) is 49.1 Å². The molecule has 4 aromatic heterocycles. The number of nitrogens with zero attached hydrogens (tertiary/aromatic N) is 5. The summed E-state index contributed by atoms with van der Waals surface area (Å²) in [6, 6.07) is 83.4. The summed E-state index contributed by atoms with van der Waals surface area (Å²) in [7, 11) is 0. The molecular weight excluding hydrogens is 843 g/mol. The Balaban J connectivity index is 0.996. The highest BCUT2D eigenvalue weighted by molar-refractivity contribution is 6.14. The number of hydrogen-bond donors (Lipinski definition) is 0. The van der Waals surface area contributed by atoms with Crippen molar-refractivity contribution in [3.8, 4) is 67.8 Å². The highest BCUT2D eigenvalue weighted by Crippen LogP contribution is 2.41. The molecule has 0 N–H and O–H groups in total. The average Bonchev–Trinajstić information content (AvgIpc) is 4.09. The van der Waals surface area contributed by atoms with Gasteiger partial charge in [-0.3, -0.25) is 4.57 Å². The molecule has 0 amide bonds. The van der Waals surface area contributed by atoms with Gasteiger partial charge in [-0.25, -0.2) is 4.98 Å². The number of para-hydroxylation sites is 4. The maximum absolute atomic E-state index is 6.41. The van der Waals surface area contributed by atoms with Crippen LogP contribution in [0.25, 0.3) is 133 Å². The molecule has 0 atom stereocenters. The Morgan fingerprint density at radius 3 is 1.43 bits per heavy atom. The Morgan fingerprint density at radius 1 is 0.290 bits per heavy atom. The molecule has 14 rings (SSSR count). The summed E-state index contributed by atoms with van der Waals surface area (Å²) >= 11 is 0. The molecule has 0 unspecified atom stereocenters. The SMILES string of the molecule is c1ccc(-c2cc(-c3ccccc3)cc(-c3nc(-c4cccc5oc6ccccc6c45)nc(-n4c5ccccc5c5cc(-c6ccc7c(c6)c6ccccc6n7-c6ccccc6)ccc54)n3)c2)cc1. The summed E-state index contributed by atoms with van der Waals surface area (Å²) in [5.74, 6) is 1.66. The van der Waals surface area contributed by atoms with E-state index in [1.54, 1.807) is 0 Å². The van der Waals surface area contributed by atoms with Crippen LogP contribution < -0.4 is 0 Å². The molecule has 0 aliphatic rings. The van der Waals surface area contributed by atoms with Crippen LogP contribution in [0.1, 0.15) is 0 Å². The second kappa shape index (κ2) is 15.6. The van der Waals surface area contributed by atoms with Gasteiger partial charge in [0.25, 0.3) is 0 Å². The van der Waals surface area contributed by atoms with Gasteiger partial charge in [-0.05, 0) is 112 Å². The Labute approximate surface area is 396 Å². The van der Waals surface area contributed by atoms with Crippen LogP contribution in [0.2, 0.25) is 0 Å². The van der Waals surface area contributed by atoms with Crippen molar-refractivity contribution in [3.63, 3.8) is 0 Å². The van der Waals surface area contributed by atoms with Crippen molar-refractivity contribution in [3.05, 3.63) is 237 Å². The molecule has 14 aromatic rings. The Hall–Kier alpha value is -9.39. The second-order valence-electron chi connectivity index (χ2n) is 17.6. The van der Waals surface area contributed by atoms with Crippen molar-refractivity contribution < 1.29 is 4.42 Å². The zero-order chi connectivity index (χ0) is 45.4. The minimum absolute atomic E-state index is 0.528. The van der Waals surface area contributed by atoms with Crippen LogP contribution in [0, 0.1) is 0 Å². The molecule has 0 aliphatic heterocycles. The predicted octanol–water partition coefficient (Wildman–Crippen LogP) is 16.3. The van der Waals surface area contributed by atoms with E-state index in [2.05, 4.69) is 215 Å².